The average Bonchev–Trinajstić information content (AvgIpc) is 3.13. The summed E-state index contributed by atoms with van der Waals surface area (Å²) in [7, 11) is -2.49. The molecular formula is C24H31FNO4S+. The van der Waals surface area contributed by atoms with E-state index in [0.29, 0.717) is 24.0 Å². The van der Waals surface area contributed by atoms with E-state index in [1.807, 2.05) is 12.1 Å². The Balaban J connectivity index is 1.67. The Labute approximate surface area is 184 Å². The predicted molar refractivity (Wildman–Crippen MR) is 118 cm³/mol. The zero-order valence-electron chi connectivity index (χ0n) is 18.0. The van der Waals surface area contributed by atoms with Gasteiger partial charge in [-0.05, 0) is 60.2 Å². The molecule has 2 aliphatic rings. The van der Waals surface area contributed by atoms with Gasteiger partial charge in [0.25, 0.3) is 0 Å². The van der Waals surface area contributed by atoms with E-state index in [9.17, 15) is 17.4 Å². The van der Waals surface area contributed by atoms with Crippen molar-refractivity contribution >= 4 is 10.1 Å². The fourth-order valence-corrected chi connectivity index (χ4v) is 6.96. The van der Waals surface area contributed by atoms with Crippen LogP contribution in [0, 0.1) is 5.82 Å². The second kappa shape index (κ2) is 8.88. The number of aryl methyl sites for hydroxylation is 1. The second-order valence-electron chi connectivity index (χ2n) is 9.03. The number of fused-ring (bicyclic) bond motifs is 1. The molecule has 3 atom stereocenters. The maximum Gasteiger partial charge on any atom is 0.316 e. The first-order chi connectivity index (χ1) is 14.8. The van der Waals surface area contributed by atoms with Crippen molar-refractivity contribution in [2.45, 2.75) is 50.5 Å². The summed E-state index contributed by atoms with van der Waals surface area (Å²) in [4.78, 5) is 0. The van der Waals surface area contributed by atoms with E-state index in [0.717, 1.165) is 43.4 Å². The van der Waals surface area contributed by atoms with Gasteiger partial charge in [0.1, 0.15) is 11.6 Å². The topological polar surface area (TPSA) is 63.6 Å². The van der Waals surface area contributed by atoms with Gasteiger partial charge in [-0.25, -0.2) is 4.39 Å². The molecule has 0 amide bonds. The number of rotatable bonds is 7. The molecule has 0 spiro atoms. The minimum Gasteiger partial charge on any atom is -0.497 e. The summed E-state index contributed by atoms with van der Waals surface area (Å²) in [5.74, 6) is 0.517. The fraction of sp³-hybridized carbons (Fsp3) is 0.500. The highest BCUT2D eigenvalue weighted by Crippen LogP contribution is 2.44. The maximum absolute atomic E-state index is 13.7. The number of ether oxygens (including phenoxy) is 1. The Hall–Kier alpha value is -1.96. The molecule has 0 saturated carbocycles. The van der Waals surface area contributed by atoms with E-state index in [2.05, 4.69) is 12.1 Å². The summed E-state index contributed by atoms with van der Waals surface area (Å²) in [5.41, 5.74) is 3.41. The molecule has 1 aliphatic heterocycles. The largest absolute Gasteiger partial charge is 0.497 e. The fourth-order valence-electron chi connectivity index (χ4n) is 5.86. The highest BCUT2D eigenvalue weighted by Gasteiger charge is 2.49. The number of hydrogen-bond acceptors (Lipinski definition) is 3. The Morgan fingerprint density at radius 2 is 2.00 bits per heavy atom. The first kappa shape index (κ1) is 22.2. The minimum absolute atomic E-state index is 0.114. The molecule has 0 radical (unpaired) electrons. The zero-order valence-corrected chi connectivity index (χ0v) is 18.8. The molecular weight excluding hydrogens is 417 g/mol. The lowest BCUT2D eigenvalue weighted by Crippen LogP contribution is -2.57. The Kier molecular flexibility index (Phi) is 6.37. The molecule has 7 heteroatoms. The van der Waals surface area contributed by atoms with Crippen LogP contribution in [0.15, 0.2) is 42.5 Å². The molecule has 2 aromatic rings. The molecule has 1 fully saturated rings. The van der Waals surface area contributed by atoms with Gasteiger partial charge in [-0.15, -0.1) is 0 Å². The van der Waals surface area contributed by atoms with Crippen molar-refractivity contribution in [3.63, 3.8) is 0 Å². The summed E-state index contributed by atoms with van der Waals surface area (Å²) in [6.07, 6.45) is 5.48. The van der Waals surface area contributed by atoms with Gasteiger partial charge < -0.3 is 9.22 Å². The van der Waals surface area contributed by atoms with Gasteiger partial charge in [0.2, 0.25) is 5.88 Å². The lowest BCUT2D eigenvalue weighted by molar-refractivity contribution is -0.930. The highest BCUT2D eigenvalue weighted by atomic mass is 32.2. The van der Waals surface area contributed by atoms with Crippen LogP contribution in [0.1, 0.15) is 48.3 Å². The van der Waals surface area contributed by atoms with Gasteiger partial charge in [0, 0.05) is 25.2 Å². The monoisotopic (exact) mass is 448 g/mol. The van der Waals surface area contributed by atoms with Crippen LogP contribution >= 0.6 is 0 Å². The summed E-state index contributed by atoms with van der Waals surface area (Å²) >= 11 is 0. The lowest BCUT2D eigenvalue weighted by atomic mass is 9.77. The second-order valence-corrected chi connectivity index (χ2v) is 10.5. The smallest absolute Gasteiger partial charge is 0.316 e. The highest BCUT2D eigenvalue weighted by molar-refractivity contribution is 7.85. The molecule has 2 aromatic carbocycles. The quantitative estimate of drug-likeness (QED) is 0.506. The summed E-state index contributed by atoms with van der Waals surface area (Å²) in [5, 5.41) is 0. The molecule has 1 saturated heterocycles. The standard InChI is InChI=1S/C24H30FNO4S/c1-30-21-10-11-22-19(16-21)6-3-8-23(22)24-9-4-13-26(24,17-31(27,28)29)14-12-18-5-2-7-20(25)15-18/h2,5,7,10-11,15-16,23-24H,3-4,6,8-9,12-14,17H2,1H3/p+1. The average molecular weight is 449 g/mol. The normalized spacial score (nSPS) is 25.9. The molecule has 3 unspecified atom stereocenters. The zero-order chi connectivity index (χ0) is 22.1. The van der Waals surface area contributed by atoms with E-state index >= 15 is 0 Å². The van der Waals surface area contributed by atoms with Crippen LogP contribution in [0.2, 0.25) is 0 Å². The number of halogens is 1. The third-order valence-electron chi connectivity index (χ3n) is 7.14. The summed E-state index contributed by atoms with van der Waals surface area (Å²) in [6, 6.07) is 12.8. The van der Waals surface area contributed by atoms with E-state index in [4.69, 9.17) is 4.74 Å². The number of likely N-dealkylation sites (tertiary alicyclic amines) is 1. The van der Waals surface area contributed by atoms with Crippen LogP contribution in [0.4, 0.5) is 4.39 Å². The molecule has 31 heavy (non-hydrogen) atoms. The predicted octanol–water partition coefficient (Wildman–Crippen LogP) is 4.32. The first-order valence-corrected chi connectivity index (χ1v) is 12.6. The lowest BCUT2D eigenvalue weighted by Gasteiger charge is -2.44. The van der Waals surface area contributed by atoms with Crippen LogP contribution in [-0.2, 0) is 23.0 Å². The van der Waals surface area contributed by atoms with Gasteiger partial charge in [0.05, 0.1) is 26.2 Å². The number of hydrogen-bond donors (Lipinski definition) is 1. The molecule has 1 N–H and O–H groups in total. The molecule has 0 bridgehead atoms. The SMILES string of the molecule is COc1ccc2c(c1)CCCC2C1CCC[N+]1(CCc1cccc(F)c1)CS(=O)(=O)O. The number of nitrogens with zero attached hydrogens (tertiary/aromatic N) is 1. The van der Waals surface area contributed by atoms with Gasteiger partial charge in [-0.2, -0.15) is 8.42 Å². The van der Waals surface area contributed by atoms with Crippen molar-refractivity contribution in [2.24, 2.45) is 0 Å². The van der Waals surface area contributed by atoms with Crippen LogP contribution in [-0.4, -0.2) is 49.6 Å². The Morgan fingerprint density at radius 1 is 1.16 bits per heavy atom. The molecule has 1 heterocycles. The number of benzene rings is 2. The van der Waals surface area contributed by atoms with Crippen molar-refractivity contribution in [1.29, 1.82) is 0 Å². The van der Waals surface area contributed by atoms with Crippen LogP contribution in [0.25, 0.3) is 0 Å². The van der Waals surface area contributed by atoms with Gasteiger partial charge >= 0.3 is 10.1 Å². The number of quaternary nitrogens is 1. The van der Waals surface area contributed by atoms with Crippen molar-refractivity contribution < 1.29 is 26.6 Å². The number of methoxy groups -OCH3 is 1. The molecule has 1 aliphatic carbocycles. The van der Waals surface area contributed by atoms with Crippen LogP contribution in [0.5, 0.6) is 5.75 Å². The molecule has 168 valence electrons. The van der Waals surface area contributed by atoms with E-state index in [1.54, 1.807) is 13.2 Å². The van der Waals surface area contributed by atoms with Crippen molar-refractivity contribution in [1.82, 2.24) is 0 Å². The Bertz CT molecular complexity index is 1040. The van der Waals surface area contributed by atoms with Gasteiger partial charge in [0.15, 0.2) is 0 Å². The third kappa shape index (κ3) is 4.94. The van der Waals surface area contributed by atoms with E-state index < -0.39 is 10.1 Å². The molecule has 4 rings (SSSR count). The maximum atomic E-state index is 13.7. The van der Waals surface area contributed by atoms with E-state index in [-0.39, 0.29) is 23.7 Å². The molecule has 0 aromatic heterocycles. The minimum atomic E-state index is -4.16. The summed E-state index contributed by atoms with van der Waals surface area (Å²) < 4.78 is 53.4. The van der Waals surface area contributed by atoms with Crippen molar-refractivity contribution in [2.75, 3.05) is 26.1 Å². The van der Waals surface area contributed by atoms with E-state index in [1.165, 1.54) is 23.3 Å². The molecule has 5 nitrogen and oxygen atoms in total. The van der Waals surface area contributed by atoms with Crippen molar-refractivity contribution in [3.8, 4) is 5.75 Å². The first-order valence-electron chi connectivity index (χ1n) is 11.0. The third-order valence-corrected chi connectivity index (χ3v) is 7.98. The van der Waals surface area contributed by atoms with Gasteiger partial charge in [-0.1, -0.05) is 18.2 Å². The summed E-state index contributed by atoms with van der Waals surface area (Å²) in [6.45, 7) is 1.28. The van der Waals surface area contributed by atoms with Crippen LogP contribution < -0.4 is 4.74 Å². The Morgan fingerprint density at radius 3 is 2.74 bits per heavy atom. The van der Waals surface area contributed by atoms with Gasteiger partial charge in [-0.3, -0.25) is 4.55 Å². The van der Waals surface area contributed by atoms with Crippen molar-refractivity contribution in [3.05, 3.63) is 65.0 Å². The van der Waals surface area contributed by atoms with Crippen LogP contribution in [0.3, 0.4) is 0 Å².